The number of carbonyl (C=O) groups excluding carboxylic acids is 2. The van der Waals surface area contributed by atoms with Crippen LogP contribution in [0.5, 0.6) is 0 Å². The molecule has 5 nitrogen and oxygen atoms in total. The van der Waals surface area contributed by atoms with Gasteiger partial charge < -0.3 is 4.90 Å². The summed E-state index contributed by atoms with van der Waals surface area (Å²) in [5.74, 6) is 0.796. The SMILES string of the molecule is N#CB1CCN(c2ccc(C3CCC(=O)NC3=O)cc2F)CC1. The average molecular weight is 313 g/mol. The van der Waals surface area contributed by atoms with E-state index in [1.165, 1.54) is 6.07 Å². The third-order valence-electron chi connectivity index (χ3n) is 4.63. The van der Waals surface area contributed by atoms with Crippen molar-refractivity contribution in [3.63, 3.8) is 0 Å². The van der Waals surface area contributed by atoms with Crippen LogP contribution in [0, 0.1) is 17.0 Å². The van der Waals surface area contributed by atoms with Gasteiger partial charge in [0.1, 0.15) is 5.82 Å². The van der Waals surface area contributed by atoms with Gasteiger partial charge in [-0.1, -0.05) is 6.07 Å². The van der Waals surface area contributed by atoms with E-state index in [2.05, 4.69) is 11.3 Å². The number of hydrogen-bond acceptors (Lipinski definition) is 4. The lowest BCUT2D eigenvalue weighted by molar-refractivity contribution is -0.134. The third kappa shape index (κ3) is 3.21. The Kier molecular flexibility index (Phi) is 4.33. The zero-order valence-electron chi connectivity index (χ0n) is 12.7. The van der Waals surface area contributed by atoms with Crippen molar-refractivity contribution in [3.05, 3.63) is 29.6 Å². The second-order valence-corrected chi connectivity index (χ2v) is 6.10. The number of nitrogens with zero attached hydrogens (tertiary/aromatic N) is 2. The summed E-state index contributed by atoms with van der Waals surface area (Å²) in [5.41, 5.74) is 1.11. The molecule has 0 aromatic heterocycles. The third-order valence-corrected chi connectivity index (χ3v) is 4.63. The number of amides is 2. The maximum Gasteiger partial charge on any atom is 0.271 e. The Labute approximate surface area is 134 Å². The molecule has 0 saturated carbocycles. The van der Waals surface area contributed by atoms with E-state index in [0.29, 0.717) is 30.8 Å². The fourth-order valence-electron chi connectivity index (χ4n) is 3.26. The second kappa shape index (κ2) is 6.41. The van der Waals surface area contributed by atoms with Gasteiger partial charge in [-0.3, -0.25) is 14.9 Å². The van der Waals surface area contributed by atoms with Crippen molar-refractivity contribution < 1.29 is 14.0 Å². The van der Waals surface area contributed by atoms with Crippen molar-refractivity contribution in [1.82, 2.24) is 5.32 Å². The standard InChI is InChI=1S/C16H17BFN3O2/c18-13-9-11(12-2-4-15(22)20-16(12)23)1-3-14(13)21-7-5-17(10-19)6-8-21/h1,3,9,12H,2,4-8H2,(H,20,22,23). The number of nitrogens with one attached hydrogen (secondary N) is 1. The molecule has 7 heteroatoms. The zero-order chi connectivity index (χ0) is 16.4. The highest BCUT2D eigenvalue weighted by atomic mass is 19.1. The van der Waals surface area contributed by atoms with Crippen molar-refractivity contribution in [3.8, 4) is 5.97 Å². The highest BCUT2D eigenvalue weighted by molar-refractivity contribution is 6.67. The van der Waals surface area contributed by atoms with E-state index in [0.717, 1.165) is 12.6 Å². The fourth-order valence-corrected chi connectivity index (χ4v) is 3.26. The van der Waals surface area contributed by atoms with Crippen LogP contribution in [0.1, 0.15) is 24.3 Å². The first kappa shape index (κ1) is 15.5. The minimum atomic E-state index is -0.472. The Bertz CT molecular complexity index is 680. The number of carbonyl (C=O) groups is 2. The van der Waals surface area contributed by atoms with Gasteiger partial charge in [0, 0.05) is 25.5 Å². The monoisotopic (exact) mass is 313 g/mol. The van der Waals surface area contributed by atoms with Crippen LogP contribution in [0.2, 0.25) is 12.6 Å². The molecule has 2 aliphatic rings. The van der Waals surface area contributed by atoms with Gasteiger partial charge in [0.05, 0.1) is 11.6 Å². The summed E-state index contributed by atoms with van der Waals surface area (Å²) in [6.45, 7) is 1.37. The molecule has 1 unspecified atom stereocenters. The lowest BCUT2D eigenvalue weighted by Crippen LogP contribution is -2.39. The Morgan fingerprint density at radius 3 is 2.65 bits per heavy atom. The van der Waals surface area contributed by atoms with Crippen LogP contribution < -0.4 is 10.2 Å². The number of hydrogen-bond donors (Lipinski definition) is 1. The second-order valence-electron chi connectivity index (χ2n) is 6.10. The zero-order valence-corrected chi connectivity index (χ0v) is 12.7. The molecule has 0 radical (unpaired) electrons. The molecular formula is C16H17BFN3O2. The van der Waals surface area contributed by atoms with Crippen LogP contribution in [0.25, 0.3) is 0 Å². The molecule has 0 aliphatic carbocycles. The number of rotatable bonds is 2. The summed E-state index contributed by atoms with van der Waals surface area (Å²) in [6, 6.07) is 4.85. The molecule has 2 amide bonds. The summed E-state index contributed by atoms with van der Waals surface area (Å²) in [7, 11) is 0. The van der Waals surface area contributed by atoms with Crippen LogP contribution in [-0.2, 0) is 9.59 Å². The predicted octanol–water partition coefficient (Wildman–Crippen LogP) is 1.72. The van der Waals surface area contributed by atoms with Crippen LogP contribution in [0.3, 0.4) is 0 Å². The molecule has 23 heavy (non-hydrogen) atoms. The summed E-state index contributed by atoms with van der Waals surface area (Å²) in [4.78, 5) is 25.0. The molecule has 0 spiro atoms. The molecule has 2 heterocycles. The number of anilines is 1. The smallest absolute Gasteiger partial charge is 0.271 e. The van der Waals surface area contributed by atoms with Gasteiger partial charge in [-0.25, -0.2) is 9.65 Å². The van der Waals surface area contributed by atoms with Crippen molar-refractivity contribution in [1.29, 1.82) is 5.26 Å². The van der Waals surface area contributed by atoms with Gasteiger partial charge in [0.15, 0.2) is 0 Å². The molecule has 2 aliphatic heterocycles. The molecule has 0 bridgehead atoms. The first-order valence-electron chi connectivity index (χ1n) is 7.86. The van der Waals surface area contributed by atoms with Gasteiger partial charge >= 0.3 is 0 Å². The number of halogens is 1. The summed E-state index contributed by atoms with van der Waals surface area (Å²) < 4.78 is 14.5. The van der Waals surface area contributed by atoms with E-state index >= 15 is 0 Å². The molecule has 2 fully saturated rings. The average Bonchev–Trinajstić information content (AvgIpc) is 2.55. The summed E-state index contributed by atoms with van der Waals surface area (Å²) in [6.07, 6.45) is 2.17. The van der Waals surface area contributed by atoms with Gasteiger partial charge in [-0.15, -0.1) is 0 Å². The molecule has 3 rings (SSSR count). The maximum absolute atomic E-state index is 14.5. The van der Waals surface area contributed by atoms with Gasteiger partial charge in [-0.05, 0) is 36.8 Å². The minimum Gasteiger partial charge on any atom is -0.370 e. The lowest BCUT2D eigenvalue weighted by atomic mass is 9.45. The van der Waals surface area contributed by atoms with Crippen molar-refractivity contribution >= 4 is 24.2 Å². The largest absolute Gasteiger partial charge is 0.370 e. The molecule has 1 aromatic rings. The van der Waals surface area contributed by atoms with Crippen molar-refractivity contribution in [2.24, 2.45) is 0 Å². The Morgan fingerprint density at radius 2 is 2.04 bits per heavy atom. The van der Waals surface area contributed by atoms with Gasteiger partial charge in [0.2, 0.25) is 11.8 Å². The van der Waals surface area contributed by atoms with E-state index in [-0.39, 0.29) is 30.8 Å². The Hall–Kier alpha value is -2.36. The van der Waals surface area contributed by atoms with Gasteiger partial charge in [0.25, 0.3) is 6.71 Å². The molecular weight excluding hydrogens is 296 g/mol. The molecule has 1 atom stereocenters. The first-order valence-corrected chi connectivity index (χ1v) is 7.86. The number of nitriles is 1. The minimum absolute atomic E-state index is 0.0528. The first-order chi connectivity index (χ1) is 11.1. The molecule has 118 valence electrons. The van der Waals surface area contributed by atoms with E-state index in [9.17, 15) is 14.0 Å². The van der Waals surface area contributed by atoms with Crippen LogP contribution >= 0.6 is 0 Å². The number of piperidine rings is 1. The summed E-state index contributed by atoms with van der Waals surface area (Å²) >= 11 is 0. The fraction of sp³-hybridized carbons (Fsp3) is 0.438. The number of imide groups is 1. The van der Waals surface area contributed by atoms with Crippen LogP contribution in [-0.4, -0.2) is 31.6 Å². The van der Waals surface area contributed by atoms with Crippen LogP contribution in [0.4, 0.5) is 10.1 Å². The molecule has 2 saturated heterocycles. The normalized spacial score (nSPS) is 21.8. The summed E-state index contributed by atoms with van der Waals surface area (Å²) in [5, 5.41) is 11.2. The quantitative estimate of drug-likeness (QED) is 0.666. The van der Waals surface area contributed by atoms with Crippen molar-refractivity contribution in [2.75, 3.05) is 18.0 Å². The van der Waals surface area contributed by atoms with Crippen LogP contribution in [0.15, 0.2) is 18.2 Å². The predicted molar refractivity (Wildman–Crippen MR) is 84.7 cm³/mol. The topological polar surface area (TPSA) is 73.2 Å². The molecule has 1 aromatic carbocycles. The van der Waals surface area contributed by atoms with Crippen molar-refractivity contribution in [2.45, 2.75) is 31.4 Å². The van der Waals surface area contributed by atoms with Gasteiger partial charge in [-0.2, -0.15) is 0 Å². The Morgan fingerprint density at radius 1 is 1.30 bits per heavy atom. The van der Waals surface area contributed by atoms with E-state index < -0.39 is 5.92 Å². The Balaban J connectivity index is 1.75. The highest BCUT2D eigenvalue weighted by Crippen LogP contribution is 2.30. The van der Waals surface area contributed by atoms with E-state index in [1.807, 2.05) is 4.90 Å². The molecule has 1 N–H and O–H groups in total. The number of benzene rings is 1. The highest BCUT2D eigenvalue weighted by Gasteiger charge is 2.29. The van der Waals surface area contributed by atoms with E-state index in [4.69, 9.17) is 5.26 Å². The van der Waals surface area contributed by atoms with E-state index in [1.54, 1.807) is 12.1 Å². The maximum atomic E-state index is 14.5. The lowest BCUT2D eigenvalue weighted by Gasteiger charge is -2.30.